The number of hydrogen-bond donors (Lipinski definition) is 0. The van der Waals surface area contributed by atoms with Crippen LogP contribution in [0, 0.1) is 5.82 Å². The molecule has 2 rings (SSSR count). The van der Waals surface area contributed by atoms with E-state index in [2.05, 4.69) is 26.1 Å². The van der Waals surface area contributed by atoms with Crippen LogP contribution in [0.3, 0.4) is 0 Å². The first-order valence-electron chi connectivity index (χ1n) is 5.68. The van der Waals surface area contributed by atoms with Gasteiger partial charge < -0.3 is 0 Å². The van der Waals surface area contributed by atoms with E-state index in [0.717, 1.165) is 0 Å². The molecule has 0 fully saturated rings. The van der Waals surface area contributed by atoms with Gasteiger partial charge in [-0.3, -0.25) is 4.57 Å². The Hall–Kier alpha value is -0.990. The Morgan fingerprint density at radius 2 is 2.10 bits per heavy atom. The Labute approximate surface area is 128 Å². The quantitative estimate of drug-likeness (QED) is 0.762. The molecule has 1 heterocycles. The molecular formula is C11H10BrClFN3O2S. The predicted molar refractivity (Wildman–Crippen MR) is 76.4 cm³/mol. The Morgan fingerprint density at radius 3 is 2.70 bits per heavy atom. The van der Waals surface area contributed by atoms with Gasteiger partial charge in [0.15, 0.2) is 5.82 Å². The molecule has 0 bridgehead atoms. The van der Waals surface area contributed by atoms with Crippen LogP contribution in [0.2, 0.25) is 0 Å². The zero-order valence-electron chi connectivity index (χ0n) is 10.3. The molecule has 1 aromatic heterocycles. The molecule has 0 atom stereocenters. The van der Waals surface area contributed by atoms with Gasteiger partial charge in [0.05, 0.1) is 4.47 Å². The average molecular weight is 383 g/mol. The highest BCUT2D eigenvalue weighted by molar-refractivity contribution is 9.10. The first-order chi connectivity index (χ1) is 9.36. The van der Waals surface area contributed by atoms with Crippen molar-refractivity contribution < 1.29 is 12.8 Å². The van der Waals surface area contributed by atoms with E-state index in [4.69, 9.17) is 10.7 Å². The van der Waals surface area contributed by atoms with Crippen molar-refractivity contribution >= 4 is 35.7 Å². The highest BCUT2D eigenvalue weighted by Gasteiger charge is 2.24. The zero-order valence-corrected chi connectivity index (χ0v) is 13.5. The largest absolute Gasteiger partial charge is 0.297 e. The van der Waals surface area contributed by atoms with E-state index in [9.17, 15) is 12.8 Å². The van der Waals surface area contributed by atoms with Crippen LogP contribution in [0.5, 0.6) is 0 Å². The third-order valence-electron chi connectivity index (χ3n) is 2.57. The molecule has 0 saturated carbocycles. The highest BCUT2D eigenvalue weighted by atomic mass is 79.9. The van der Waals surface area contributed by atoms with Crippen LogP contribution in [0.25, 0.3) is 11.4 Å². The summed E-state index contributed by atoms with van der Waals surface area (Å²) in [6.45, 7) is 2.22. The van der Waals surface area contributed by atoms with E-state index in [-0.39, 0.29) is 15.5 Å². The van der Waals surface area contributed by atoms with Crippen molar-refractivity contribution in [1.82, 2.24) is 14.8 Å². The minimum Gasteiger partial charge on any atom is -0.297 e. The molecular weight excluding hydrogens is 373 g/mol. The van der Waals surface area contributed by atoms with Gasteiger partial charge in [0.2, 0.25) is 0 Å². The molecule has 0 radical (unpaired) electrons. The maximum absolute atomic E-state index is 13.6. The maximum atomic E-state index is 13.6. The molecule has 0 unspecified atom stereocenters. The lowest BCUT2D eigenvalue weighted by molar-refractivity contribution is 0.569. The molecule has 2 aromatic rings. The van der Waals surface area contributed by atoms with E-state index in [1.165, 1.54) is 16.7 Å². The predicted octanol–water partition coefficient (Wildman–Crippen LogP) is 3.18. The second-order valence-corrected chi connectivity index (χ2v) is 7.25. The molecule has 0 amide bonds. The molecule has 0 saturated heterocycles. The third kappa shape index (κ3) is 2.87. The van der Waals surface area contributed by atoms with Gasteiger partial charge in [-0.15, -0.1) is 10.2 Å². The Bertz CT molecular complexity index is 748. The number of nitrogens with zero attached hydrogens (tertiary/aromatic N) is 3. The third-order valence-corrected chi connectivity index (χ3v) is 4.53. The van der Waals surface area contributed by atoms with Crippen LogP contribution in [0.1, 0.15) is 13.3 Å². The minimum atomic E-state index is -4.01. The van der Waals surface area contributed by atoms with Crippen molar-refractivity contribution in [3.63, 3.8) is 0 Å². The van der Waals surface area contributed by atoms with Crippen LogP contribution in [0.15, 0.2) is 27.8 Å². The van der Waals surface area contributed by atoms with Gasteiger partial charge in [0.25, 0.3) is 14.2 Å². The lowest BCUT2D eigenvalue weighted by atomic mass is 10.2. The zero-order chi connectivity index (χ0) is 14.9. The molecule has 0 aliphatic carbocycles. The summed E-state index contributed by atoms with van der Waals surface area (Å²) in [7, 11) is 1.32. The monoisotopic (exact) mass is 381 g/mol. The molecule has 0 N–H and O–H groups in total. The Kier molecular flexibility index (Phi) is 4.46. The summed E-state index contributed by atoms with van der Waals surface area (Å²) in [6.07, 6.45) is 0.650. The number of benzene rings is 1. The number of halogens is 3. The molecule has 1 aromatic carbocycles. The van der Waals surface area contributed by atoms with Crippen molar-refractivity contribution in [1.29, 1.82) is 0 Å². The van der Waals surface area contributed by atoms with Crippen LogP contribution < -0.4 is 0 Å². The second-order valence-electron chi connectivity index (χ2n) is 4.00. The smallest absolute Gasteiger partial charge is 0.296 e. The fourth-order valence-electron chi connectivity index (χ4n) is 1.77. The first-order valence-corrected chi connectivity index (χ1v) is 8.78. The lowest BCUT2D eigenvalue weighted by Crippen LogP contribution is -2.08. The molecule has 0 aliphatic rings. The van der Waals surface area contributed by atoms with Gasteiger partial charge in [0.1, 0.15) is 5.82 Å². The summed E-state index contributed by atoms with van der Waals surface area (Å²) in [5, 5.41) is 7.09. The van der Waals surface area contributed by atoms with Gasteiger partial charge in [-0.25, -0.2) is 12.8 Å². The van der Waals surface area contributed by atoms with Crippen LogP contribution in [-0.2, 0) is 15.6 Å². The summed E-state index contributed by atoms with van der Waals surface area (Å²) < 4.78 is 38.1. The maximum Gasteiger partial charge on any atom is 0.296 e. The van der Waals surface area contributed by atoms with Crippen LogP contribution in [0.4, 0.5) is 4.39 Å². The van der Waals surface area contributed by atoms with Gasteiger partial charge in [-0.05, 0) is 34.5 Å². The topological polar surface area (TPSA) is 64.8 Å². The normalized spacial score (nSPS) is 11.8. The van der Waals surface area contributed by atoms with Gasteiger partial charge in [-0.1, -0.05) is 13.0 Å². The first kappa shape index (κ1) is 15.4. The standard InChI is InChI=1S/C11H10BrClFN3O2S/c1-2-6-17-10(15-16-11(17)20(13,18)19)7-4-3-5-8(14)9(7)12/h3-5H,2,6H2,1H3. The molecule has 0 aliphatic heterocycles. The highest BCUT2D eigenvalue weighted by Crippen LogP contribution is 2.30. The van der Waals surface area contributed by atoms with E-state index in [1.807, 2.05) is 6.92 Å². The fraction of sp³-hybridized carbons (Fsp3) is 0.273. The summed E-state index contributed by atoms with van der Waals surface area (Å²) in [5.41, 5.74) is 0.414. The van der Waals surface area contributed by atoms with Gasteiger partial charge >= 0.3 is 0 Å². The number of rotatable bonds is 4. The lowest BCUT2D eigenvalue weighted by Gasteiger charge is -2.09. The van der Waals surface area contributed by atoms with Crippen molar-refractivity contribution in [3.05, 3.63) is 28.5 Å². The summed E-state index contributed by atoms with van der Waals surface area (Å²) in [6, 6.07) is 4.41. The van der Waals surface area contributed by atoms with Crippen LogP contribution >= 0.6 is 26.6 Å². The molecule has 9 heteroatoms. The average Bonchev–Trinajstić information content (AvgIpc) is 2.77. The van der Waals surface area contributed by atoms with E-state index in [1.54, 1.807) is 6.07 Å². The molecule has 0 spiro atoms. The fourth-order valence-corrected chi connectivity index (χ4v) is 3.13. The minimum absolute atomic E-state index is 0.197. The Morgan fingerprint density at radius 1 is 1.40 bits per heavy atom. The van der Waals surface area contributed by atoms with Gasteiger partial charge in [0, 0.05) is 22.8 Å². The summed E-state index contributed by atoms with van der Waals surface area (Å²) >= 11 is 3.12. The number of hydrogen-bond acceptors (Lipinski definition) is 4. The van der Waals surface area contributed by atoms with E-state index < -0.39 is 14.9 Å². The molecule has 108 valence electrons. The van der Waals surface area contributed by atoms with Crippen molar-refractivity contribution in [2.75, 3.05) is 0 Å². The Balaban J connectivity index is 2.69. The van der Waals surface area contributed by atoms with E-state index >= 15 is 0 Å². The van der Waals surface area contributed by atoms with Crippen LogP contribution in [-0.4, -0.2) is 23.2 Å². The van der Waals surface area contributed by atoms with Crippen molar-refractivity contribution in [3.8, 4) is 11.4 Å². The second kappa shape index (κ2) is 5.79. The SMILES string of the molecule is CCCn1c(-c2cccc(F)c2Br)nnc1S(=O)(=O)Cl. The van der Waals surface area contributed by atoms with E-state index in [0.29, 0.717) is 18.5 Å². The molecule has 20 heavy (non-hydrogen) atoms. The summed E-state index contributed by atoms with van der Waals surface area (Å²) in [4.78, 5) is 0. The number of aromatic nitrogens is 3. The molecule has 5 nitrogen and oxygen atoms in total. The van der Waals surface area contributed by atoms with Gasteiger partial charge in [-0.2, -0.15) is 0 Å². The van der Waals surface area contributed by atoms with Crippen molar-refractivity contribution in [2.24, 2.45) is 0 Å². The van der Waals surface area contributed by atoms with Crippen molar-refractivity contribution in [2.45, 2.75) is 25.0 Å². The summed E-state index contributed by atoms with van der Waals surface area (Å²) in [5.74, 6) is -0.221.